The van der Waals surface area contributed by atoms with E-state index in [4.69, 9.17) is 20.4 Å². The van der Waals surface area contributed by atoms with Gasteiger partial charge in [-0.2, -0.15) is 0 Å². The summed E-state index contributed by atoms with van der Waals surface area (Å²) in [5, 5.41) is 33.3. The van der Waals surface area contributed by atoms with E-state index in [0.29, 0.717) is 0 Å². The van der Waals surface area contributed by atoms with Crippen LogP contribution in [0.5, 0.6) is 0 Å². The van der Waals surface area contributed by atoms with Crippen molar-refractivity contribution in [3.8, 4) is 0 Å². The molecule has 0 rings (SSSR count). The molecule has 4 N–H and O–H groups in total. The van der Waals surface area contributed by atoms with Gasteiger partial charge in [-0.05, 0) is 62.3 Å². The van der Waals surface area contributed by atoms with Crippen LogP contribution in [0.4, 0.5) is 0 Å². The van der Waals surface area contributed by atoms with Crippen LogP contribution in [0.1, 0.15) is 62.3 Å². The van der Waals surface area contributed by atoms with E-state index in [1.807, 2.05) is 0 Å². The minimum absolute atomic E-state index is 0. The molecule has 20 heavy (non-hydrogen) atoms. The van der Waals surface area contributed by atoms with E-state index in [1.54, 1.807) is 62.3 Å². The number of hydrogen-bond acceptors (Lipinski definition) is 4. The molecular formula is C15H36O4Ti. The molecule has 0 unspecified atom stereocenters. The molecule has 0 aliphatic carbocycles. The number of aliphatic hydroxyl groups is 4. The first-order valence-corrected chi connectivity index (χ1v) is 6.30. The van der Waals surface area contributed by atoms with Gasteiger partial charge in [-0.15, -0.1) is 6.58 Å². The van der Waals surface area contributed by atoms with Crippen LogP contribution in [0.3, 0.4) is 0 Å². The molecule has 0 atom stereocenters. The van der Waals surface area contributed by atoms with Crippen molar-refractivity contribution in [3.05, 3.63) is 12.7 Å². The zero-order chi connectivity index (χ0) is 16.9. The van der Waals surface area contributed by atoms with Gasteiger partial charge in [0.15, 0.2) is 0 Å². The van der Waals surface area contributed by atoms with Gasteiger partial charge in [0.1, 0.15) is 0 Å². The van der Waals surface area contributed by atoms with Crippen LogP contribution in [0.2, 0.25) is 0 Å². The molecule has 0 aromatic heterocycles. The molecule has 0 saturated heterocycles. The molecule has 0 fully saturated rings. The zero-order valence-electron chi connectivity index (χ0n) is 14.8. The Morgan fingerprint density at radius 3 is 0.750 bits per heavy atom. The summed E-state index contributed by atoms with van der Waals surface area (Å²) in [5.74, 6) is 0. The second-order valence-corrected chi connectivity index (χ2v) is 6.98. The third-order valence-electron chi connectivity index (χ3n) is 0.129. The second-order valence-electron chi connectivity index (χ2n) is 6.98. The Balaban J connectivity index is -0.0000000494. The van der Waals surface area contributed by atoms with Crippen LogP contribution in [-0.4, -0.2) is 43.8 Å². The van der Waals surface area contributed by atoms with Crippen LogP contribution < -0.4 is 0 Å². The summed E-state index contributed by atoms with van der Waals surface area (Å²) in [6, 6.07) is 0. The maximum atomic E-state index is 8.52. The summed E-state index contributed by atoms with van der Waals surface area (Å²) < 4.78 is 0. The zero-order valence-corrected chi connectivity index (χ0v) is 16.3. The molecule has 0 radical (unpaired) electrons. The van der Waals surface area contributed by atoms with Gasteiger partial charge in [0.2, 0.25) is 0 Å². The largest absolute Gasteiger partial charge is 0.392 e. The van der Waals surface area contributed by atoms with Crippen molar-refractivity contribution in [1.29, 1.82) is 0 Å². The molecule has 0 aliphatic rings. The van der Waals surface area contributed by atoms with E-state index in [9.17, 15) is 0 Å². The summed E-state index contributed by atoms with van der Waals surface area (Å²) in [4.78, 5) is 0. The smallest absolute Gasteiger partial charge is 0.0609 e. The summed E-state index contributed by atoms with van der Waals surface area (Å²) in [7, 11) is 0. The molecule has 0 aromatic rings. The maximum absolute atomic E-state index is 8.52. The summed E-state index contributed by atoms with van der Waals surface area (Å²) in [6.07, 6.45) is 1.43. The molecule has 0 aromatic carbocycles. The van der Waals surface area contributed by atoms with Gasteiger partial charge in [0.05, 0.1) is 23.4 Å². The predicted octanol–water partition coefficient (Wildman–Crippen LogP) is 2.49. The Morgan fingerprint density at radius 2 is 0.750 bits per heavy atom. The maximum Gasteiger partial charge on any atom is 0.0609 e. The summed E-state index contributed by atoms with van der Waals surface area (Å²) >= 11 is 0. The van der Waals surface area contributed by atoms with Gasteiger partial charge in [-0.1, -0.05) is 6.08 Å². The Hall–Kier alpha value is 0.294. The normalized spacial score (nSPS) is 10.2. The average molecular weight is 328 g/mol. The van der Waals surface area contributed by atoms with Crippen LogP contribution >= 0.6 is 0 Å². The van der Waals surface area contributed by atoms with Crippen LogP contribution in [0, 0.1) is 0 Å². The Kier molecular flexibility index (Phi) is 25.3. The topological polar surface area (TPSA) is 80.9 Å². The molecule has 0 bridgehead atoms. The van der Waals surface area contributed by atoms with Gasteiger partial charge in [-0.3, -0.25) is 0 Å². The monoisotopic (exact) mass is 328 g/mol. The van der Waals surface area contributed by atoms with Crippen molar-refractivity contribution in [3.63, 3.8) is 0 Å². The van der Waals surface area contributed by atoms with Gasteiger partial charge < -0.3 is 20.4 Å². The molecule has 0 aliphatic heterocycles. The first-order valence-electron chi connectivity index (χ1n) is 6.30. The number of rotatable bonds is 1. The second kappa shape index (κ2) is 15.7. The van der Waals surface area contributed by atoms with Crippen LogP contribution in [-0.2, 0) is 21.7 Å². The van der Waals surface area contributed by atoms with Crippen molar-refractivity contribution in [2.45, 2.75) is 79.1 Å². The first-order chi connectivity index (χ1) is 7.91. The van der Waals surface area contributed by atoms with Gasteiger partial charge in [-0.25, -0.2) is 0 Å². The van der Waals surface area contributed by atoms with E-state index >= 15 is 0 Å². The van der Waals surface area contributed by atoms with Gasteiger partial charge >= 0.3 is 0 Å². The molecule has 5 heteroatoms. The quantitative estimate of drug-likeness (QED) is 0.440. The first kappa shape index (κ1) is 32.3. The van der Waals surface area contributed by atoms with E-state index < -0.39 is 16.8 Å². The molecule has 0 saturated carbocycles. The number of aliphatic hydroxyl groups excluding tert-OH is 1. The Bertz CT molecular complexity index is 139. The Labute approximate surface area is 140 Å². The Morgan fingerprint density at radius 1 is 0.700 bits per heavy atom. The predicted molar refractivity (Wildman–Crippen MR) is 83.2 cm³/mol. The van der Waals surface area contributed by atoms with E-state index in [1.165, 1.54) is 6.08 Å². The minimum Gasteiger partial charge on any atom is -0.392 e. The van der Waals surface area contributed by atoms with Crippen molar-refractivity contribution < 1.29 is 42.1 Å². The number of hydrogen-bond donors (Lipinski definition) is 4. The molecule has 124 valence electrons. The molecule has 0 spiro atoms. The van der Waals surface area contributed by atoms with Crippen molar-refractivity contribution in [2.24, 2.45) is 0 Å². The minimum atomic E-state index is -0.500. The third kappa shape index (κ3) is 3270. The third-order valence-corrected chi connectivity index (χ3v) is 0.129. The molecule has 4 nitrogen and oxygen atoms in total. The van der Waals surface area contributed by atoms with E-state index in [0.717, 1.165) is 0 Å². The van der Waals surface area contributed by atoms with Crippen molar-refractivity contribution >= 4 is 0 Å². The summed E-state index contributed by atoms with van der Waals surface area (Å²) in [6.45, 7) is 19.0. The molecule has 0 amide bonds. The van der Waals surface area contributed by atoms with Gasteiger partial charge in [0, 0.05) is 21.7 Å². The SMILES string of the molecule is C=CCO.CC(C)(C)O.CC(C)(C)O.CC(C)(C)O.[Ti]. The fourth-order valence-corrected chi connectivity index (χ4v) is 0. The fraction of sp³-hybridized carbons (Fsp3) is 0.867. The van der Waals surface area contributed by atoms with Crippen LogP contribution in [0.25, 0.3) is 0 Å². The van der Waals surface area contributed by atoms with E-state index in [2.05, 4.69) is 6.58 Å². The van der Waals surface area contributed by atoms with E-state index in [-0.39, 0.29) is 28.3 Å². The standard InChI is InChI=1S/3C4H10O.C3H6O.Ti/c3*1-4(2,3)5;1-2-3-4;/h3*5H,1-3H3;2,4H,1,3H2;. The van der Waals surface area contributed by atoms with Crippen molar-refractivity contribution in [2.75, 3.05) is 6.61 Å². The van der Waals surface area contributed by atoms with Crippen LogP contribution in [0.15, 0.2) is 12.7 Å². The van der Waals surface area contributed by atoms with Crippen molar-refractivity contribution in [1.82, 2.24) is 0 Å². The molecule has 0 heterocycles. The summed E-state index contributed by atoms with van der Waals surface area (Å²) in [5.41, 5.74) is -1.50. The fourth-order valence-electron chi connectivity index (χ4n) is 0. The molecular weight excluding hydrogens is 292 g/mol. The van der Waals surface area contributed by atoms with Gasteiger partial charge in [0.25, 0.3) is 0 Å². The average Bonchev–Trinajstić information content (AvgIpc) is 1.93.